The van der Waals surface area contributed by atoms with Gasteiger partial charge < -0.3 is 0 Å². The molecule has 2 aliphatic rings. The molecule has 2 aromatic heterocycles. The highest BCUT2D eigenvalue weighted by molar-refractivity contribution is 5.97. The van der Waals surface area contributed by atoms with E-state index in [2.05, 4.69) is 56.3 Å². The first-order valence-electron chi connectivity index (χ1n) is 10.5. The molecular formula is C23H26N6. The van der Waals surface area contributed by atoms with E-state index in [1.165, 1.54) is 40.8 Å². The molecule has 0 saturated heterocycles. The van der Waals surface area contributed by atoms with Gasteiger partial charge in [0.15, 0.2) is 5.82 Å². The van der Waals surface area contributed by atoms with Crippen LogP contribution in [-0.2, 0) is 19.5 Å². The molecule has 0 atom stereocenters. The van der Waals surface area contributed by atoms with Gasteiger partial charge >= 0.3 is 0 Å². The molecule has 1 N–H and O–H groups in total. The third-order valence-electron chi connectivity index (χ3n) is 5.85. The van der Waals surface area contributed by atoms with E-state index in [0.717, 1.165) is 56.3 Å². The number of fused-ring (bicyclic) bond motifs is 1. The molecule has 2 aliphatic heterocycles. The number of rotatable bonds is 4. The number of H-pyrrole nitrogens is 1. The highest BCUT2D eigenvalue weighted by Gasteiger charge is 2.21. The maximum absolute atomic E-state index is 4.85. The number of aromatic amines is 1. The van der Waals surface area contributed by atoms with Crippen molar-refractivity contribution in [2.24, 2.45) is 4.99 Å². The average molecular weight is 387 g/mol. The highest BCUT2D eigenvalue weighted by atomic mass is 15.2. The van der Waals surface area contributed by atoms with Crippen LogP contribution in [0.4, 0.5) is 0 Å². The number of benzene rings is 1. The largest absolute Gasteiger partial charge is 0.294 e. The fourth-order valence-electron chi connectivity index (χ4n) is 4.17. The Morgan fingerprint density at radius 3 is 2.79 bits per heavy atom. The van der Waals surface area contributed by atoms with Crippen LogP contribution < -0.4 is 0 Å². The molecule has 0 aliphatic carbocycles. The quantitative estimate of drug-likeness (QED) is 0.742. The van der Waals surface area contributed by atoms with Gasteiger partial charge in [-0.2, -0.15) is 5.10 Å². The molecule has 0 radical (unpaired) electrons. The van der Waals surface area contributed by atoms with E-state index in [9.17, 15) is 0 Å². The third-order valence-corrected chi connectivity index (χ3v) is 5.85. The summed E-state index contributed by atoms with van der Waals surface area (Å²) in [7, 11) is 0. The number of aromatic nitrogens is 4. The van der Waals surface area contributed by atoms with Crippen molar-refractivity contribution >= 4 is 5.71 Å². The van der Waals surface area contributed by atoms with E-state index in [0.29, 0.717) is 0 Å². The SMILES string of the molecule is Cc1ccc(-c2[nH]ncc2CN2CCc3nc(C4=NCCCC4)ncc3C2)cc1. The van der Waals surface area contributed by atoms with Crippen molar-refractivity contribution in [3.8, 4) is 11.3 Å². The molecule has 29 heavy (non-hydrogen) atoms. The van der Waals surface area contributed by atoms with Gasteiger partial charge in [-0.15, -0.1) is 0 Å². The molecule has 4 heterocycles. The zero-order valence-electron chi connectivity index (χ0n) is 16.9. The second kappa shape index (κ2) is 7.87. The molecule has 6 heteroatoms. The second-order valence-corrected chi connectivity index (χ2v) is 8.05. The van der Waals surface area contributed by atoms with Crippen molar-refractivity contribution in [2.45, 2.75) is 45.7 Å². The van der Waals surface area contributed by atoms with E-state index < -0.39 is 0 Å². The van der Waals surface area contributed by atoms with Crippen LogP contribution in [-0.4, -0.2) is 43.9 Å². The lowest BCUT2D eigenvalue weighted by atomic mass is 10.0. The minimum atomic E-state index is 0.841. The molecule has 0 amide bonds. The smallest absolute Gasteiger partial charge is 0.173 e. The molecule has 0 fully saturated rings. The summed E-state index contributed by atoms with van der Waals surface area (Å²) in [6, 6.07) is 8.59. The maximum atomic E-state index is 4.85. The Balaban J connectivity index is 1.31. The summed E-state index contributed by atoms with van der Waals surface area (Å²) >= 11 is 0. The molecular weight excluding hydrogens is 360 g/mol. The number of nitrogens with zero attached hydrogens (tertiary/aromatic N) is 5. The van der Waals surface area contributed by atoms with Gasteiger partial charge in [-0.05, 0) is 31.7 Å². The van der Waals surface area contributed by atoms with Crippen LogP contribution in [0.3, 0.4) is 0 Å². The first-order chi connectivity index (χ1) is 14.3. The van der Waals surface area contributed by atoms with Crippen molar-refractivity contribution in [2.75, 3.05) is 13.1 Å². The number of hydrogen-bond acceptors (Lipinski definition) is 5. The van der Waals surface area contributed by atoms with E-state index >= 15 is 0 Å². The summed E-state index contributed by atoms with van der Waals surface area (Å²) in [4.78, 5) is 16.6. The van der Waals surface area contributed by atoms with Crippen molar-refractivity contribution in [1.29, 1.82) is 0 Å². The molecule has 148 valence electrons. The van der Waals surface area contributed by atoms with Crippen molar-refractivity contribution in [3.63, 3.8) is 0 Å². The number of nitrogens with one attached hydrogen (secondary N) is 1. The lowest BCUT2D eigenvalue weighted by molar-refractivity contribution is 0.243. The minimum absolute atomic E-state index is 0.841. The van der Waals surface area contributed by atoms with Crippen molar-refractivity contribution < 1.29 is 0 Å². The fraction of sp³-hybridized carbons (Fsp3) is 0.391. The lowest BCUT2D eigenvalue weighted by Crippen LogP contribution is -2.31. The molecule has 0 spiro atoms. The first-order valence-corrected chi connectivity index (χ1v) is 10.5. The predicted molar refractivity (Wildman–Crippen MR) is 114 cm³/mol. The Hall–Kier alpha value is -2.86. The summed E-state index contributed by atoms with van der Waals surface area (Å²) in [5.41, 5.74) is 8.29. The van der Waals surface area contributed by atoms with Crippen molar-refractivity contribution in [3.05, 3.63) is 64.9 Å². The van der Waals surface area contributed by atoms with Crippen LogP contribution in [0.1, 0.15) is 47.5 Å². The van der Waals surface area contributed by atoms with Gasteiger partial charge in [-0.1, -0.05) is 29.8 Å². The van der Waals surface area contributed by atoms with E-state index in [-0.39, 0.29) is 0 Å². The third kappa shape index (κ3) is 3.85. The molecule has 1 aromatic carbocycles. The van der Waals surface area contributed by atoms with Crippen LogP contribution in [0.15, 0.2) is 41.7 Å². The Morgan fingerprint density at radius 2 is 1.97 bits per heavy atom. The van der Waals surface area contributed by atoms with Crippen LogP contribution in [0.2, 0.25) is 0 Å². The molecule has 0 unspecified atom stereocenters. The summed E-state index contributed by atoms with van der Waals surface area (Å²) in [5, 5.41) is 7.48. The summed E-state index contributed by atoms with van der Waals surface area (Å²) in [5.74, 6) is 0.841. The van der Waals surface area contributed by atoms with Gasteiger partial charge in [-0.3, -0.25) is 15.0 Å². The maximum Gasteiger partial charge on any atom is 0.173 e. The first kappa shape index (κ1) is 18.2. The molecule has 0 bridgehead atoms. The van der Waals surface area contributed by atoms with Gasteiger partial charge in [0.2, 0.25) is 0 Å². The molecule has 5 rings (SSSR count). The number of aryl methyl sites for hydroxylation is 1. The fourth-order valence-corrected chi connectivity index (χ4v) is 4.17. The normalized spacial score (nSPS) is 17.1. The van der Waals surface area contributed by atoms with Crippen LogP contribution >= 0.6 is 0 Å². The Bertz CT molecular complexity index is 1030. The zero-order chi connectivity index (χ0) is 19.6. The topological polar surface area (TPSA) is 70.1 Å². The van der Waals surface area contributed by atoms with E-state index in [1.807, 2.05) is 12.4 Å². The second-order valence-electron chi connectivity index (χ2n) is 8.05. The van der Waals surface area contributed by atoms with Gasteiger partial charge in [0.05, 0.1) is 23.3 Å². The average Bonchev–Trinajstić information content (AvgIpc) is 3.22. The Labute approximate surface area is 171 Å². The van der Waals surface area contributed by atoms with Gasteiger partial charge in [0.25, 0.3) is 0 Å². The predicted octanol–water partition coefficient (Wildman–Crippen LogP) is 3.71. The van der Waals surface area contributed by atoms with E-state index in [4.69, 9.17) is 4.98 Å². The van der Waals surface area contributed by atoms with Gasteiger partial charge in [0.1, 0.15) is 0 Å². The monoisotopic (exact) mass is 386 g/mol. The van der Waals surface area contributed by atoms with E-state index in [1.54, 1.807) is 0 Å². The summed E-state index contributed by atoms with van der Waals surface area (Å²) < 4.78 is 0. The van der Waals surface area contributed by atoms with Crippen LogP contribution in [0.5, 0.6) is 0 Å². The minimum Gasteiger partial charge on any atom is -0.294 e. The molecule has 3 aromatic rings. The van der Waals surface area contributed by atoms with Crippen molar-refractivity contribution in [1.82, 2.24) is 25.1 Å². The Kier molecular flexibility index (Phi) is 4.94. The highest BCUT2D eigenvalue weighted by Crippen LogP contribution is 2.25. The zero-order valence-corrected chi connectivity index (χ0v) is 16.9. The van der Waals surface area contributed by atoms with Gasteiger partial charge in [0, 0.05) is 49.9 Å². The van der Waals surface area contributed by atoms with Crippen LogP contribution in [0.25, 0.3) is 11.3 Å². The Morgan fingerprint density at radius 1 is 1.07 bits per heavy atom. The summed E-state index contributed by atoms with van der Waals surface area (Å²) in [6.45, 7) is 5.76. The van der Waals surface area contributed by atoms with Gasteiger partial charge in [-0.25, -0.2) is 9.97 Å². The number of hydrogen-bond donors (Lipinski definition) is 1. The summed E-state index contributed by atoms with van der Waals surface area (Å²) in [6.07, 6.45) is 8.30. The molecule has 0 saturated carbocycles. The lowest BCUT2D eigenvalue weighted by Gasteiger charge is -2.28. The number of aliphatic imine (C=N–C) groups is 1. The molecule has 6 nitrogen and oxygen atoms in total. The van der Waals surface area contributed by atoms with Crippen LogP contribution in [0, 0.1) is 6.92 Å². The standard InChI is InChI=1S/C23H26N6/c1-16-5-7-17(8-6-16)22-19(13-26-28-22)15-29-11-9-20-18(14-29)12-25-23(27-20)21-4-2-3-10-24-21/h5-8,12-13H,2-4,9-11,14-15H2,1H3,(H,26,28).